The van der Waals surface area contributed by atoms with E-state index in [1.165, 1.54) is 0 Å². The van der Waals surface area contributed by atoms with E-state index in [0.29, 0.717) is 5.92 Å². The Hall–Kier alpha value is -1.09. The van der Waals surface area contributed by atoms with E-state index in [1.54, 1.807) is 6.20 Å². The molecule has 0 aromatic carbocycles. The molecule has 0 amide bonds. The third-order valence-electron chi connectivity index (χ3n) is 2.49. The van der Waals surface area contributed by atoms with E-state index in [4.69, 9.17) is 0 Å². The quantitative estimate of drug-likeness (QED) is 0.748. The van der Waals surface area contributed by atoms with Crippen molar-refractivity contribution < 1.29 is 0 Å². The normalized spacial score (nSPS) is 22.0. The molecule has 0 radical (unpaired) electrons. The highest BCUT2D eigenvalue weighted by molar-refractivity contribution is 5.86. The fourth-order valence-corrected chi connectivity index (χ4v) is 1.80. The van der Waals surface area contributed by atoms with Crippen LogP contribution in [0.2, 0.25) is 0 Å². The highest BCUT2D eigenvalue weighted by Gasteiger charge is 2.21. The molecule has 18 heavy (non-hydrogen) atoms. The van der Waals surface area contributed by atoms with Gasteiger partial charge in [-0.2, -0.15) is 0 Å². The molecule has 106 valence electrons. The highest BCUT2D eigenvalue weighted by atomic mass is 15.2. The van der Waals surface area contributed by atoms with Crippen molar-refractivity contribution in [2.45, 2.75) is 34.6 Å². The fraction of sp³-hybridized carbons (Fsp3) is 0.667. The number of hydrogen-bond acceptors (Lipinski definition) is 2. The van der Waals surface area contributed by atoms with Crippen LogP contribution in [0.5, 0.6) is 0 Å². The Kier molecular flexibility index (Phi) is 13.2. The lowest BCUT2D eigenvalue weighted by Gasteiger charge is -2.21. The molecule has 3 nitrogen and oxygen atoms in total. The Bertz CT molecular complexity index is 246. The number of amidine groups is 1. The van der Waals surface area contributed by atoms with E-state index < -0.39 is 0 Å². The van der Waals surface area contributed by atoms with Crippen molar-refractivity contribution in [3.8, 4) is 0 Å². The predicted octanol–water partition coefficient (Wildman–Crippen LogP) is 3.61. The molecule has 1 rings (SSSR count). The Morgan fingerprint density at radius 3 is 2.17 bits per heavy atom. The zero-order chi connectivity index (χ0) is 14.6. The van der Waals surface area contributed by atoms with Crippen LogP contribution >= 0.6 is 0 Å². The molecular weight excluding hydrogens is 222 g/mol. The third kappa shape index (κ3) is 6.60. The second-order valence-electron chi connectivity index (χ2n) is 3.71. The smallest absolute Gasteiger partial charge is 0.112 e. The van der Waals surface area contributed by atoms with Crippen LogP contribution in [0.1, 0.15) is 34.6 Å². The SMILES string of the molecule is C=CN=C1C(C)CN(C)CCN1C=C.CC.CC. The zero-order valence-corrected chi connectivity index (χ0v) is 13.1. The Labute approximate surface area is 114 Å². The minimum Gasteiger partial charge on any atom is -0.336 e. The number of aliphatic imine (C=N–C) groups is 1. The van der Waals surface area contributed by atoms with Crippen molar-refractivity contribution in [3.63, 3.8) is 0 Å². The van der Waals surface area contributed by atoms with Crippen LogP contribution < -0.4 is 0 Å². The van der Waals surface area contributed by atoms with Gasteiger partial charge in [0.2, 0.25) is 0 Å². The van der Waals surface area contributed by atoms with Crippen molar-refractivity contribution >= 4 is 5.84 Å². The van der Waals surface area contributed by atoms with Crippen LogP contribution in [-0.4, -0.2) is 42.3 Å². The van der Waals surface area contributed by atoms with Gasteiger partial charge in [-0.05, 0) is 13.2 Å². The van der Waals surface area contributed by atoms with Gasteiger partial charge in [-0.15, -0.1) is 0 Å². The predicted molar refractivity (Wildman–Crippen MR) is 83.9 cm³/mol. The molecule has 1 heterocycles. The first kappa shape index (κ1) is 19.3. The summed E-state index contributed by atoms with van der Waals surface area (Å²) in [5.41, 5.74) is 0. The molecule has 0 spiro atoms. The van der Waals surface area contributed by atoms with E-state index in [-0.39, 0.29) is 0 Å². The average molecular weight is 253 g/mol. The maximum Gasteiger partial charge on any atom is 0.112 e. The lowest BCUT2D eigenvalue weighted by molar-refractivity contribution is 0.324. The Morgan fingerprint density at radius 2 is 1.72 bits per heavy atom. The molecule has 0 aromatic heterocycles. The topological polar surface area (TPSA) is 18.8 Å². The fourth-order valence-electron chi connectivity index (χ4n) is 1.80. The van der Waals surface area contributed by atoms with Gasteiger partial charge in [-0.3, -0.25) is 0 Å². The Balaban J connectivity index is 0. The summed E-state index contributed by atoms with van der Waals surface area (Å²) in [6.45, 7) is 20.7. The van der Waals surface area contributed by atoms with Crippen LogP contribution in [0.4, 0.5) is 0 Å². The van der Waals surface area contributed by atoms with E-state index >= 15 is 0 Å². The van der Waals surface area contributed by atoms with E-state index in [0.717, 1.165) is 25.5 Å². The minimum absolute atomic E-state index is 0.429. The van der Waals surface area contributed by atoms with E-state index in [2.05, 4.69) is 41.9 Å². The van der Waals surface area contributed by atoms with Crippen LogP contribution in [-0.2, 0) is 0 Å². The van der Waals surface area contributed by atoms with Gasteiger partial charge in [0.1, 0.15) is 5.84 Å². The summed E-state index contributed by atoms with van der Waals surface area (Å²) in [6.07, 6.45) is 3.45. The zero-order valence-electron chi connectivity index (χ0n) is 13.1. The molecule has 1 aliphatic rings. The van der Waals surface area contributed by atoms with Crippen molar-refractivity contribution in [2.75, 3.05) is 26.7 Å². The third-order valence-corrected chi connectivity index (χ3v) is 2.49. The first-order valence-electron chi connectivity index (χ1n) is 6.95. The maximum absolute atomic E-state index is 4.32. The molecule has 3 heteroatoms. The van der Waals surface area contributed by atoms with Gasteiger partial charge in [0.05, 0.1) is 0 Å². The number of nitrogens with zero attached hydrogens (tertiary/aromatic N) is 3. The van der Waals surface area contributed by atoms with Crippen LogP contribution in [0.3, 0.4) is 0 Å². The van der Waals surface area contributed by atoms with Crippen LogP contribution in [0.15, 0.2) is 30.6 Å². The molecule has 1 unspecified atom stereocenters. The van der Waals surface area contributed by atoms with Crippen molar-refractivity contribution in [2.24, 2.45) is 10.9 Å². The maximum atomic E-state index is 4.32. The van der Waals surface area contributed by atoms with E-state index in [1.807, 2.05) is 33.9 Å². The molecule has 0 aromatic rings. The van der Waals surface area contributed by atoms with Gasteiger partial charge in [-0.1, -0.05) is 47.8 Å². The molecule has 0 saturated carbocycles. The molecule has 0 bridgehead atoms. The van der Waals surface area contributed by atoms with Gasteiger partial charge < -0.3 is 9.80 Å². The first-order chi connectivity index (χ1) is 8.69. The lowest BCUT2D eigenvalue weighted by Crippen LogP contribution is -2.30. The standard InChI is InChI=1S/C11H19N3.2C2H6/c1-5-12-11-10(3)9-13(4)7-8-14(11)6-2;2*1-2/h5-6,10H,1-2,7-9H2,3-4H3;2*1-2H3. The molecular formula is C15H31N3. The molecule has 1 atom stereocenters. The second-order valence-corrected chi connectivity index (χ2v) is 3.71. The second kappa shape index (κ2) is 12.4. The van der Waals surface area contributed by atoms with Gasteiger partial charge >= 0.3 is 0 Å². The molecule has 1 saturated heterocycles. The van der Waals surface area contributed by atoms with E-state index in [9.17, 15) is 0 Å². The summed E-state index contributed by atoms with van der Waals surface area (Å²) >= 11 is 0. The summed E-state index contributed by atoms with van der Waals surface area (Å²) in [6, 6.07) is 0. The van der Waals surface area contributed by atoms with Gasteiger partial charge in [0, 0.05) is 31.8 Å². The van der Waals surface area contributed by atoms with Gasteiger partial charge in [-0.25, -0.2) is 4.99 Å². The highest BCUT2D eigenvalue weighted by Crippen LogP contribution is 2.11. The molecule has 0 aliphatic carbocycles. The van der Waals surface area contributed by atoms with Crippen molar-refractivity contribution in [1.82, 2.24) is 9.80 Å². The summed E-state index contributed by atoms with van der Waals surface area (Å²) in [4.78, 5) is 8.74. The van der Waals surface area contributed by atoms with Crippen molar-refractivity contribution in [1.29, 1.82) is 0 Å². The molecule has 1 aliphatic heterocycles. The molecule has 1 fully saturated rings. The summed E-state index contributed by atoms with van der Waals surface area (Å²) in [7, 11) is 2.13. The summed E-state index contributed by atoms with van der Waals surface area (Å²) in [5, 5.41) is 0. The average Bonchev–Trinajstić information content (AvgIpc) is 2.54. The van der Waals surface area contributed by atoms with Gasteiger partial charge in [0.15, 0.2) is 0 Å². The van der Waals surface area contributed by atoms with Gasteiger partial charge in [0.25, 0.3) is 0 Å². The number of likely N-dealkylation sites (N-methyl/N-ethyl adjacent to an activating group) is 1. The lowest BCUT2D eigenvalue weighted by atomic mass is 10.1. The number of rotatable bonds is 2. The Morgan fingerprint density at radius 1 is 1.17 bits per heavy atom. The largest absolute Gasteiger partial charge is 0.336 e. The summed E-state index contributed by atoms with van der Waals surface area (Å²) in [5.74, 6) is 1.50. The first-order valence-corrected chi connectivity index (χ1v) is 6.95. The monoisotopic (exact) mass is 253 g/mol. The molecule has 0 N–H and O–H groups in total. The van der Waals surface area contributed by atoms with Crippen LogP contribution in [0, 0.1) is 5.92 Å². The minimum atomic E-state index is 0.429. The van der Waals surface area contributed by atoms with Crippen LogP contribution in [0.25, 0.3) is 0 Å². The summed E-state index contributed by atoms with van der Waals surface area (Å²) < 4.78 is 0. The number of hydrogen-bond donors (Lipinski definition) is 0. The van der Waals surface area contributed by atoms with Crippen molar-refractivity contribution in [3.05, 3.63) is 25.6 Å².